The molecule has 0 aliphatic heterocycles. The fraction of sp³-hybridized carbons (Fsp3) is 0.385. The Balaban J connectivity index is 2.45. The predicted octanol–water partition coefficient (Wildman–Crippen LogP) is 2.55. The molecule has 1 N–H and O–H groups in total. The first-order valence-electron chi connectivity index (χ1n) is 5.61. The van der Waals surface area contributed by atoms with E-state index in [0.717, 1.165) is 16.7 Å². The number of nitrogens with one attached hydrogen (secondary N) is 1. The molecule has 0 saturated carbocycles. The van der Waals surface area contributed by atoms with E-state index in [1.807, 2.05) is 37.5 Å². The number of nitrogens with zero attached hydrogens (tertiary/aromatic N) is 2. The molecule has 2 aromatic rings. The SMILES string of the molecule is CNC(c1cnc2ccccc2n1)C(C)C. The fourth-order valence-corrected chi connectivity index (χ4v) is 1.94. The fourth-order valence-electron chi connectivity index (χ4n) is 1.94. The highest BCUT2D eigenvalue weighted by atomic mass is 14.9. The first-order valence-corrected chi connectivity index (χ1v) is 5.61. The molecule has 0 spiro atoms. The summed E-state index contributed by atoms with van der Waals surface area (Å²) < 4.78 is 0. The Morgan fingerprint density at radius 2 is 1.81 bits per heavy atom. The van der Waals surface area contributed by atoms with Crippen molar-refractivity contribution in [2.24, 2.45) is 5.92 Å². The minimum absolute atomic E-state index is 0.261. The van der Waals surface area contributed by atoms with Crippen LogP contribution in [0.4, 0.5) is 0 Å². The number of rotatable bonds is 3. The van der Waals surface area contributed by atoms with Crippen molar-refractivity contribution in [2.75, 3.05) is 7.05 Å². The van der Waals surface area contributed by atoms with E-state index in [2.05, 4.69) is 29.1 Å². The van der Waals surface area contributed by atoms with E-state index >= 15 is 0 Å². The molecule has 1 aromatic heterocycles. The maximum absolute atomic E-state index is 4.64. The summed E-state index contributed by atoms with van der Waals surface area (Å²) in [6.45, 7) is 4.36. The molecule has 1 aromatic carbocycles. The monoisotopic (exact) mass is 215 g/mol. The second kappa shape index (κ2) is 4.58. The van der Waals surface area contributed by atoms with Gasteiger partial charge in [0, 0.05) is 0 Å². The molecule has 3 heteroatoms. The number of benzene rings is 1. The van der Waals surface area contributed by atoms with Gasteiger partial charge in [0.2, 0.25) is 0 Å². The van der Waals surface area contributed by atoms with Gasteiger partial charge in [0.05, 0.1) is 29.0 Å². The molecule has 3 nitrogen and oxygen atoms in total. The average molecular weight is 215 g/mol. The second-order valence-corrected chi connectivity index (χ2v) is 4.29. The summed E-state index contributed by atoms with van der Waals surface area (Å²) in [5.41, 5.74) is 2.92. The van der Waals surface area contributed by atoms with Gasteiger partial charge in [-0.15, -0.1) is 0 Å². The Morgan fingerprint density at radius 3 is 2.44 bits per heavy atom. The van der Waals surface area contributed by atoms with Crippen molar-refractivity contribution >= 4 is 11.0 Å². The molecule has 0 bridgehead atoms. The number of hydrogen-bond donors (Lipinski definition) is 1. The van der Waals surface area contributed by atoms with Crippen molar-refractivity contribution in [3.8, 4) is 0 Å². The van der Waals surface area contributed by atoms with Crippen LogP contribution in [0.25, 0.3) is 11.0 Å². The van der Waals surface area contributed by atoms with Crippen molar-refractivity contribution in [1.29, 1.82) is 0 Å². The van der Waals surface area contributed by atoms with E-state index in [4.69, 9.17) is 0 Å². The van der Waals surface area contributed by atoms with Crippen LogP contribution in [-0.2, 0) is 0 Å². The Labute approximate surface area is 95.9 Å². The van der Waals surface area contributed by atoms with E-state index in [0.29, 0.717) is 5.92 Å². The van der Waals surface area contributed by atoms with Crippen molar-refractivity contribution in [3.63, 3.8) is 0 Å². The van der Waals surface area contributed by atoms with Gasteiger partial charge in [-0.2, -0.15) is 0 Å². The lowest BCUT2D eigenvalue weighted by Gasteiger charge is -2.19. The molecular formula is C13H17N3. The van der Waals surface area contributed by atoms with Crippen molar-refractivity contribution in [1.82, 2.24) is 15.3 Å². The third kappa shape index (κ3) is 2.04. The summed E-state index contributed by atoms with van der Waals surface area (Å²) >= 11 is 0. The highest BCUT2D eigenvalue weighted by Gasteiger charge is 2.15. The number of hydrogen-bond acceptors (Lipinski definition) is 3. The van der Waals surface area contributed by atoms with Crippen molar-refractivity contribution < 1.29 is 0 Å². The molecule has 84 valence electrons. The zero-order valence-electron chi connectivity index (χ0n) is 9.94. The van der Waals surface area contributed by atoms with Gasteiger partial charge in [0.15, 0.2) is 0 Å². The first-order chi connectivity index (χ1) is 7.72. The van der Waals surface area contributed by atoms with E-state index in [1.165, 1.54) is 0 Å². The maximum Gasteiger partial charge on any atom is 0.0890 e. The van der Waals surface area contributed by atoms with E-state index in [1.54, 1.807) is 0 Å². The van der Waals surface area contributed by atoms with Gasteiger partial charge < -0.3 is 5.32 Å². The standard InChI is InChI=1S/C13H17N3/c1-9(2)13(14-3)12-8-15-10-6-4-5-7-11(10)16-12/h4-9,13-14H,1-3H3. The molecule has 0 saturated heterocycles. The van der Waals surface area contributed by atoms with Gasteiger partial charge in [-0.05, 0) is 25.1 Å². The zero-order valence-corrected chi connectivity index (χ0v) is 9.94. The number of aromatic nitrogens is 2. The molecule has 1 unspecified atom stereocenters. The molecule has 0 fully saturated rings. The largest absolute Gasteiger partial charge is 0.311 e. The van der Waals surface area contributed by atoms with Gasteiger partial charge in [-0.1, -0.05) is 26.0 Å². The Hall–Kier alpha value is -1.48. The zero-order chi connectivity index (χ0) is 11.5. The minimum atomic E-state index is 0.261. The van der Waals surface area contributed by atoms with Crippen LogP contribution in [0.5, 0.6) is 0 Å². The van der Waals surface area contributed by atoms with Gasteiger partial charge in [0.25, 0.3) is 0 Å². The lowest BCUT2D eigenvalue weighted by atomic mass is 10.0. The summed E-state index contributed by atoms with van der Waals surface area (Å²) in [4.78, 5) is 9.07. The second-order valence-electron chi connectivity index (χ2n) is 4.29. The van der Waals surface area contributed by atoms with Crippen LogP contribution >= 0.6 is 0 Å². The van der Waals surface area contributed by atoms with Gasteiger partial charge in [-0.3, -0.25) is 4.98 Å². The van der Waals surface area contributed by atoms with Gasteiger partial charge >= 0.3 is 0 Å². The average Bonchev–Trinajstić information content (AvgIpc) is 2.29. The Kier molecular flexibility index (Phi) is 3.15. The molecule has 1 heterocycles. The topological polar surface area (TPSA) is 37.8 Å². The first kappa shape index (κ1) is 11.0. The van der Waals surface area contributed by atoms with Crippen LogP contribution in [0.3, 0.4) is 0 Å². The van der Waals surface area contributed by atoms with Crippen LogP contribution in [0.2, 0.25) is 0 Å². The molecule has 2 rings (SSSR count). The number of para-hydroxylation sites is 2. The van der Waals surface area contributed by atoms with Gasteiger partial charge in [-0.25, -0.2) is 4.98 Å². The van der Waals surface area contributed by atoms with Crippen molar-refractivity contribution in [3.05, 3.63) is 36.2 Å². The summed E-state index contributed by atoms with van der Waals surface area (Å²) in [5, 5.41) is 3.28. The van der Waals surface area contributed by atoms with E-state index < -0.39 is 0 Å². The van der Waals surface area contributed by atoms with Crippen LogP contribution in [-0.4, -0.2) is 17.0 Å². The molecule has 1 atom stereocenters. The molecule has 0 aliphatic carbocycles. The summed E-state index contributed by atoms with van der Waals surface area (Å²) in [7, 11) is 1.96. The van der Waals surface area contributed by atoms with Crippen LogP contribution in [0.1, 0.15) is 25.6 Å². The smallest absolute Gasteiger partial charge is 0.0890 e. The summed E-state index contributed by atoms with van der Waals surface area (Å²) in [5.74, 6) is 0.500. The summed E-state index contributed by atoms with van der Waals surface area (Å²) in [6.07, 6.45) is 1.86. The lowest BCUT2D eigenvalue weighted by Crippen LogP contribution is -2.22. The molecule has 0 radical (unpaired) electrons. The third-order valence-corrected chi connectivity index (χ3v) is 2.76. The quantitative estimate of drug-likeness (QED) is 0.855. The molecular weight excluding hydrogens is 198 g/mol. The highest BCUT2D eigenvalue weighted by Crippen LogP contribution is 2.20. The predicted molar refractivity (Wildman–Crippen MR) is 66.2 cm³/mol. The third-order valence-electron chi connectivity index (χ3n) is 2.76. The minimum Gasteiger partial charge on any atom is -0.311 e. The highest BCUT2D eigenvalue weighted by molar-refractivity contribution is 5.73. The lowest BCUT2D eigenvalue weighted by molar-refractivity contribution is 0.433. The Bertz CT molecular complexity index is 479. The molecule has 0 amide bonds. The Morgan fingerprint density at radius 1 is 1.12 bits per heavy atom. The van der Waals surface area contributed by atoms with Crippen LogP contribution < -0.4 is 5.32 Å². The van der Waals surface area contributed by atoms with Crippen molar-refractivity contribution in [2.45, 2.75) is 19.9 Å². The summed E-state index contributed by atoms with van der Waals surface area (Å²) in [6, 6.07) is 8.21. The van der Waals surface area contributed by atoms with Crippen LogP contribution in [0.15, 0.2) is 30.5 Å². The molecule has 0 aliphatic rings. The molecule has 16 heavy (non-hydrogen) atoms. The van der Waals surface area contributed by atoms with E-state index in [-0.39, 0.29) is 6.04 Å². The maximum atomic E-state index is 4.64. The number of fused-ring (bicyclic) bond motifs is 1. The van der Waals surface area contributed by atoms with Gasteiger partial charge in [0.1, 0.15) is 0 Å². The van der Waals surface area contributed by atoms with E-state index in [9.17, 15) is 0 Å². The van der Waals surface area contributed by atoms with Crippen LogP contribution in [0, 0.1) is 5.92 Å². The normalized spacial score (nSPS) is 13.2.